The molecule has 0 spiro atoms. The first kappa shape index (κ1) is 17.2. The molecule has 0 N–H and O–H groups in total. The van der Waals surface area contributed by atoms with Crippen molar-refractivity contribution in [2.24, 2.45) is 0 Å². The number of hydrogen-bond acceptors (Lipinski definition) is 4. The van der Waals surface area contributed by atoms with E-state index in [0.29, 0.717) is 6.61 Å². The zero-order valence-electron chi connectivity index (χ0n) is 13.9. The number of methoxy groups -OCH3 is 2. The standard InChI is InChI=1S/C19H23NO3/c1-4-16-13-20-12-11-17(16)8-5-15-6-9-18(10-7-15)23-14-19(21-2)22-3/h5-13,19H,4,14H2,1-3H3/b8-5+. The van der Waals surface area contributed by atoms with Crippen molar-refractivity contribution in [2.75, 3.05) is 20.8 Å². The molecule has 1 heterocycles. The molecular formula is C19H23NO3. The maximum atomic E-state index is 5.62. The van der Waals surface area contributed by atoms with Gasteiger partial charge in [-0.25, -0.2) is 0 Å². The van der Waals surface area contributed by atoms with Gasteiger partial charge in [-0.05, 0) is 41.3 Å². The van der Waals surface area contributed by atoms with Crippen molar-refractivity contribution in [3.63, 3.8) is 0 Å². The lowest BCUT2D eigenvalue weighted by Gasteiger charge is -2.14. The number of ether oxygens (including phenoxy) is 3. The molecule has 0 atom stereocenters. The van der Waals surface area contributed by atoms with Crippen LogP contribution in [-0.4, -0.2) is 32.1 Å². The van der Waals surface area contributed by atoms with Crippen molar-refractivity contribution in [3.8, 4) is 5.75 Å². The number of hydrogen-bond donors (Lipinski definition) is 0. The molecule has 4 nitrogen and oxygen atoms in total. The summed E-state index contributed by atoms with van der Waals surface area (Å²) in [4.78, 5) is 4.16. The van der Waals surface area contributed by atoms with Crippen molar-refractivity contribution in [3.05, 3.63) is 59.4 Å². The molecule has 0 fully saturated rings. The van der Waals surface area contributed by atoms with Crippen molar-refractivity contribution in [2.45, 2.75) is 19.6 Å². The Morgan fingerprint density at radius 3 is 2.43 bits per heavy atom. The van der Waals surface area contributed by atoms with Crippen LogP contribution in [-0.2, 0) is 15.9 Å². The maximum absolute atomic E-state index is 5.62. The van der Waals surface area contributed by atoms with Crippen LogP contribution < -0.4 is 4.74 Å². The summed E-state index contributed by atoms with van der Waals surface area (Å²) < 4.78 is 15.8. The van der Waals surface area contributed by atoms with E-state index in [-0.39, 0.29) is 6.29 Å². The first-order chi connectivity index (χ1) is 11.3. The summed E-state index contributed by atoms with van der Waals surface area (Å²) in [6.45, 7) is 2.49. The SMILES string of the molecule is CCc1cnccc1/C=C/c1ccc(OCC(OC)OC)cc1. The summed E-state index contributed by atoms with van der Waals surface area (Å²) in [7, 11) is 3.18. The van der Waals surface area contributed by atoms with E-state index in [1.165, 1.54) is 11.1 Å². The van der Waals surface area contributed by atoms with E-state index in [1.807, 2.05) is 42.7 Å². The molecule has 0 amide bonds. The molecule has 0 radical (unpaired) electrons. The lowest BCUT2D eigenvalue weighted by molar-refractivity contribution is -0.121. The quantitative estimate of drug-likeness (QED) is 0.695. The third-order valence-corrected chi connectivity index (χ3v) is 3.57. The highest BCUT2D eigenvalue weighted by Gasteiger charge is 2.05. The van der Waals surface area contributed by atoms with E-state index >= 15 is 0 Å². The van der Waals surface area contributed by atoms with Crippen LogP contribution in [0.2, 0.25) is 0 Å². The van der Waals surface area contributed by atoms with E-state index in [4.69, 9.17) is 14.2 Å². The topological polar surface area (TPSA) is 40.6 Å². The molecule has 0 aliphatic carbocycles. The minimum atomic E-state index is -0.353. The van der Waals surface area contributed by atoms with Gasteiger partial charge in [0.2, 0.25) is 0 Å². The summed E-state index contributed by atoms with van der Waals surface area (Å²) in [5.74, 6) is 0.791. The van der Waals surface area contributed by atoms with Crippen molar-refractivity contribution < 1.29 is 14.2 Å². The van der Waals surface area contributed by atoms with Crippen LogP contribution in [0.15, 0.2) is 42.7 Å². The highest BCUT2D eigenvalue weighted by Crippen LogP contribution is 2.16. The third kappa shape index (κ3) is 5.20. The highest BCUT2D eigenvalue weighted by atomic mass is 16.7. The van der Waals surface area contributed by atoms with Crippen molar-refractivity contribution in [1.29, 1.82) is 0 Å². The van der Waals surface area contributed by atoms with Crippen LogP contribution in [0.25, 0.3) is 12.2 Å². The Balaban J connectivity index is 1.98. The Bertz CT molecular complexity index is 619. The van der Waals surface area contributed by atoms with Crippen LogP contribution in [0.4, 0.5) is 0 Å². The summed E-state index contributed by atoms with van der Waals surface area (Å²) in [5, 5.41) is 0. The second-order valence-corrected chi connectivity index (χ2v) is 5.04. The molecule has 0 saturated heterocycles. The Morgan fingerprint density at radius 2 is 1.78 bits per heavy atom. The van der Waals surface area contributed by atoms with Crippen LogP contribution >= 0.6 is 0 Å². The van der Waals surface area contributed by atoms with Gasteiger partial charge in [0.25, 0.3) is 0 Å². The molecule has 4 heteroatoms. The minimum Gasteiger partial charge on any atom is -0.488 e. The smallest absolute Gasteiger partial charge is 0.191 e. The van der Waals surface area contributed by atoms with E-state index in [9.17, 15) is 0 Å². The Morgan fingerprint density at radius 1 is 1.04 bits per heavy atom. The maximum Gasteiger partial charge on any atom is 0.191 e. The third-order valence-electron chi connectivity index (χ3n) is 3.57. The van der Waals surface area contributed by atoms with E-state index < -0.39 is 0 Å². The molecule has 0 aliphatic heterocycles. The molecule has 1 aromatic heterocycles. The van der Waals surface area contributed by atoms with E-state index in [2.05, 4.69) is 24.1 Å². The monoisotopic (exact) mass is 313 g/mol. The molecule has 0 bridgehead atoms. The predicted molar refractivity (Wildman–Crippen MR) is 92.3 cm³/mol. The molecule has 1 aromatic carbocycles. The van der Waals surface area contributed by atoms with E-state index in [0.717, 1.165) is 17.7 Å². The Hall–Kier alpha value is -2.17. The Labute approximate surface area is 137 Å². The van der Waals surface area contributed by atoms with Gasteiger partial charge in [-0.2, -0.15) is 0 Å². The lowest BCUT2D eigenvalue weighted by Crippen LogP contribution is -2.21. The average molecular weight is 313 g/mol. The molecule has 0 aliphatic rings. The molecule has 2 aromatic rings. The van der Waals surface area contributed by atoms with Crippen molar-refractivity contribution >= 4 is 12.2 Å². The largest absolute Gasteiger partial charge is 0.488 e. The Kier molecular flexibility index (Phi) is 6.78. The fraction of sp³-hybridized carbons (Fsp3) is 0.316. The second-order valence-electron chi connectivity index (χ2n) is 5.04. The van der Waals surface area contributed by atoms with Gasteiger partial charge in [-0.15, -0.1) is 0 Å². The second kappa shape index (κ2) is 9.08. The van der Waals surface area contributed by atoms with Crippen LogP contribution in [0.5, 0.6) is 5.75 Å². The van der Waals surface area contributed by atoms with Gasteiger partial charge in [0.1, 0.15) is 12.4 Å². The summed E-state index contributed by atoms with van der Waals surface area (Å²) in [6, 6.07) is 9.95. The number of pyridine rings is 1. The zero-order valence-corrected chi connectivity index (χ0v) is 13.9. The summed E-state index contributed by atoms with van der Waals surface area (Å²) in [6.07, 6.45) is 8.55. The number of rotatable bonds is 8. The molecular weight excluding hydrogens is 290 g/mol. The number of aromatic nitrogens is 1. The predicted octanol–water partition coefficient (Wildman–Crippen LogP) is 3.81. The first-order valence-electron chi connectivity index (χ1n) is 7.66. The van der Waals surface area contributed by atoms with Gasteiger partial charge < -0.3 is 14.2 Å². The number of aryl methyl sites for hydroxylation is 1. The van der Waals surface area contributed by atoms with Crippen molar-refractivity contribution in [1.82, 2.24) is 4.98 Å². The lowest BCUT2D eigenvalue weighted by atomic mass is 10.1. The summed E-state index contributed by atoms with van der Waals surface area (Å²) >= 11 is 0. The van der Waals surface area contributed by atoms with Crippen LogP contribution in [0, 0.1) is 0 Å². The van der Waals surface area contributed by atoms with Gasteiger partial charge in [-0.3, -0.25) is 4.98 Å². The van der Waals surface area contributed by atoms with E-state index in [1.54, 1.807) is 14.2 Å². The molecule has 0 unspecified atom stereocenters. The minimum absolute atomic E-state index is 0.353. The van der Waals surface area contributed by atoms with Gasteiger partial charge in [-0.1, -0.05) is 31.2 Å². The van der Waals surface area contributed by atoms with Gasteiger partial charge >= 0.3 is 0 Å². The molecule has 122 valence electrons. The normalized spacial score (nSPS) is 11.3. The van der Waals surface area contributed by atoms with Crippen LogP contribution in [0.1, 0.15) is 23.6 Å². The van der Waals surface area contributed by atoms with Crippen LogP contribution in [0.3, 0.4) is 0 Å². The highest BCUT2D eigenvalue weighted by molar-refractivity contribution is 5.71. The van der Waals surface area contributed by atoms with Gasteiger partial charge in [0, 0.05) is 26.6 Å². The number of nitrogens with zero attached hydrogens (tertiary/aromatic N) is 1. The fourth-order valence-electron chi connectivity index (χ4n) is 2.15. The fourth-order valence-corrected chi connectivity index (χ4v) is 2.15. The number of benzene rings is 1. The molecule has 23 heavy (non-hydrogen) atoms. The average Bonchev–Trinajstić information content (AvgIpc) is 2.62. The zero-order chi connectivity index (χ0) is 16.5. The van der Waals surface area contributed by atoms with Gasteiger partial charge in [0.05, 0.1) is 0 Å². The summed E-state index contributed by atoms with van der Waals surface area (Å²) in [5.41, 5.74) is 3.56. The molecule has 2 rings (SSSR count). The first-order valence-corrected chi connectivity index (χ1v) is 7.66. The molecule has 0 saturated carbocycles. The van der Waals surface area contributed by atoms with Gasteiger partial charge in [0.15, 0.2) is 6.29 Å².